The van der Waals surface area contributed by atoms with Crippen molar-refractivity contribution in [3.63, 3.8) is 0 Å². The van der Waals surface area contributed by atoms with Gasteiger partial charge in [-0.1, -0.05) is 6.07 Å². The minimum absolute atomic E-state index is 0.0764. The molecule has 0 radical (unpaired) electrons. The van der Waals surface area contributed by atoms with E-state index >= 15 is 0 Å². The highest BCUT2D eigenvalue weighted by atomic mass is 19.4. The van der Waals surface area contributed by atoms with Gasteiger partial charge in [-0.3, -0.25) is 10.4 Å². The van der Waals surface area contributed by atoms with E-state index in [4.69, 9.17) is 11.1 Å². The molecule has 1 rings (SSSR count). The van der Waals surface area contributed by atoms with E-state index in [1.807, 2.05) is 0 Å². The Hall–Kier alpha value is -1.59. The van der Waals surface area contributed by atoms with Gasteiger partial charge in [0.15, 0.2) is 0 Å². The van der Waals surface area contributed by atoms with E-state index in [-0.39, 0.29) is 17.8 Å². The summed E-state index contributed by atoms with van der Waals surface area (Å²) >= 11 is 0. The van der Waals surface area contributed by atoms with Gasteiger partial charge in [0.25, 0.3) is 0 Å². The van der Waals surface area contributed by atoms with Gasteiger partial charge in [0.1, 0.15) is 5.69 Å². The molecule has 14 heavy (non-hydrogen) atoms. The normalized spacial score (nSPS) is 11.4. The van der Waals surface area contributed by atoms with Crippen molar-refractivity contribution in [3.8, 4) is 0 Å². The fourth-order valence-corrected chi connectivity index (χ4v) is 1.04. The Kier molecular flexibility index (Phi) is 2.73. The Morgan fingerprint density at radius 3 is 2.64 bits per heavy atom. The van der Waals surface area contributed by atoms with Crippen LogP contribution in [0.4, 0.5) is 13.2 Å². The Balaban J connectivity index is 3.10. The zero-order valence-corrected chi connectivity index (χ0v) is 7.10. The fourth-order valence-electron chi connectivity index (χ4n) is 1.04. The van der Waals surface area contributed by atoms with E-state index in [0.717, 1.165) is 6.20 Å². The Morgan fingerprint density at radius 1 is 1.50 bits per heavy atom. The number of pyridine rings is 1. The van der Waals surface area contributed by atoms with Gasteiger partial charge in [0.05, 0.1) is 5.84 Å². The van der Waals surface area contributed by atoms with Crippen LogP contribution in [0.15, 0.2) is 18.3 Å². The summed E-state index contributed by atoms with van der Waals surface area (Å²) in [6.45, 7) is 0. The summed E-state index contributed by atoms with van der Waals surface area (Å²) in [6, 6.07) is 2.64. The van der Waals surface area contributed by atoms with Crippen LogP contribution in [0.2, 0.25) is 0 Å². The molecule has 0 aliphatic heterocycles. The maximum atomic E-state index is 12.3. The first-order valence-electron chi connectivity index (χ1n) is 3.75. The molecule has 0 bridgehead atoms. The molecule has 1 aromatic rings. The summed E-state index contributed by atoms with van der Waals surface area (Å²) in [4.78, 5) is 3.23. The summed E-state index contributed by atoms with van der Waals surface area (Å²) in [5.74, 6) is -0.316. The first-order valence-corrected chi connectivity index (χ1v) is 3.75. The van der Waals surface area contributed by atoms with Crippen LogP contribution < -0.4 is 5.73 Å². The average molecular weight is 203 g/mol. The number of nitrogens with two attached hydrogens (primary N) is 1. The van der Waals surface area contributed by atoms with E-state index in [1.54, 1.807) is 0 Å². The Labute approximate surface area is 78.3 Å². The quantitative estimate of drug-likeness (QED) is 0.566. The predicted octanol–water partition coefficient (Wildman–Crippen LogP) is 1.58. The maximum Gasteiger partial charge on any atom is 0.433 e. The van der Waals surface area contributed by atoms with E-state index in [1.165, 1.54) is 12.1 Å². The van der Waals surface area contributed by atoms with Crippen LogP contribution in [0.25, 0.3) is 0 Å². The van der Waals surface area contributed by atoms with Crippen molar-refractivity contribution in [2.24, 2.45) is 5.73 Å². The molecule has 0 atom stereocenters. The number of nitrogens with zero attached hydrogens (tertiary/aromatic N) is 1. The molecular formula is C8H8F3N3. The van der Waals surface area contributed by atoms with Crippen LogP contribution in [-0.2, 0) is 12.6 Å². The molecule has 1 heterocycles. The third-order valence-electron chi connectivity index (χ3n) is 1.54. The number of hydrogen-bond donors (Lipinski definition) is 2. The molecule has 76 valence electrons. The number of nitrogens with one attached hydrogen (secondary N) is 1. The average Bonchev–Trinajstić information content (AvgIpc) is 2.01. The lowest BCUT2D eigenvalue weighted by molar-refractivity contribution is -0.141. The van der Waals surface area contributed by atoms with Gasteiger partial charge in [-0.25, -0.2) is 0 Å². The van der Waals surface area contributed by atoms with Gasteiger partial charge in [-0.05, 0) is 11.6 Å². The van der Waals surface area contributed by atoms with Crippen molar-refractivity contribution in [2.75, 3.05) is 0 Å². The summed E-state index contributed by atoms with van der Waals surface area (Å²) in [5, 5.41) is 6.92. The zero-order chi connectivity index (χ0) is 10.8. The zero-order valence-electron chi connectivity index (χ0n) is 7.10. The van der Waals surface area contributed by atoms with Crippen molar-refractivity contribution in [3.05, 3.63) is 29.6 Å². The summed E-state index contributed by atoms with van der Waals surface area (Å²) in [7, 11) is 0. The molecule has 0 amide bonds. The van der Waals surface area contributed by atoms with Crippen molar-refractivity contribution >= 4 is 5.84 Å². The van der Waals surface area contributed by atoms with Gasteiger partial charge < -0.3 is 5.73 Å². The third kappa shape index (κ3) is 2.45. The highest BCUT2D eigenvalue weighted by molar-refractivity contribution is 5.79. The van der Waals surface area contributed by atoms with Crippen molar-refractivity contribution < 1.29 is 13.2 Å². The molecule has 3 nitrogen and oxygen atoms in total. The lowest BCUT2D eigenvalue weighted by Crippen LogP contribution is -2.18. The lowest BCUT2D eigenvalue weighted by atomic mass is 10.1. The lowest BCUT2D eigenvalue weighted by Gasteiger charge is -2.10. The molecule has 6 heteroatoms. The smallest absolute Gasteiger partial charge is 0.387 e. The molecule has 0 unspecified atom stereocenters. The number of hydrogen-bond acceptors (Lipinski definition) is 2. The van der Waals surface area contributed by atoms with Crippen LogP contribution in [0.5, 0.6) is 0 Å². The van der Waals surface area contributed by atoms with Crippen LogP contribution in [-0.4, -0.2) is 10.8 Å². The van der Waals surface area contributed by atoms with E-state index < -0.39 is 11.9 Å². The monoisotopic (exact) mass is 203 g/mol. The minimum Gasteiger partial charge on any atom is -0.387 e. The second-order valence-corrected chi connectivity index (χ2v) is 2.71. The van der Waals surface area contributed by atoms with Crippen molar-refractivity contribution in [1.29, 1.82) is 5.41 Å². The van der Waals surface area contributed by atoms with Gasteiger partial charge in [0, 0.05) is 12.6 Å². The predicted molar refractivity (Wildman–Crippen MR) is 44.9 cm³/mol. The van der Waals surface area contributed by atoms with Crippen LogP contribution in [0.1, 0.15) is 11.3 Å². The number of amidine groups is 1. The molecule has 3 N–H and O–H groups in total. The molecule has 1 aromatic heterocycles. The maximum absolute atomic E-state index is 12.3. The van der Waals surface area contributed by atoms with E-state index in [0.29, 0.717) is 0 Å². The van der Waals surface area contributed by atoms with Gasteiger partial charge in [-0.2, -0.15) is 13.2 Å². The van der Waals surface area contributed by atoms with Gasteiger partial charge in [0.2, 0.25) is 0 Å². The highest BCUT2D eigenvalue weighted by Gasteiger charge is 2.34. The molecule has 0 aromatic carbocycles. The van der Waals surface area contributed by atoms with E-state index in [2.05, 4.69) is 4.98 Å². The van der Waals surface area contributed by atoms with E-state index in [9.17, 15) is 13.2 Å². The number of alkyl halides is 3. The molecule has 0 saturated carbocycles. The standard InChI is InChI=1S/C8H8F3N3/c9-8(10,11)7-5(4-6(12)13)2-1-3-14-7/h1-3H,4H2,(H3,12,13). The minimum atomic E-state index is -4.49. The van der Waals surface area contributed by atoms with Crippen LogP contribution in [0.3, 0.4) is 0 Å². The van der Waals surface area contributed by atoms with Crippen LogP contribution >= 0.6 is 0 Å². The number of rotatable bonds is 2. The van der Waals surface area contributed by atoms with Crippen molar-refractivity contribution in [1.82, 2.24) is 4.98 Å². The highest BCUT2D eigenvalue weighted by Crippen LogP contribution is 2.29. The third-order valence-corrected chi connectivity index (χ3v) is 1.54. The molecular weight excluding hydrogens is 195 g/mol. The first kappa shape index (κ1) is 10.5. The van der Waals surface area contributed by atoms with Crippen LogP contribution in [0, 0.1) is 5.41 Å². The SMILES string of the molecule is N=C(N)Cc1cccnc1C(F)(F)F. The van der Waals surface area contributed by atoms with Gasteiger partial charge >= 0.3 is 6.18 Å². The molecule has 0 aliphatic rings. The van der Waals surface area contributed by atoms with Gasteiger partial charge in [-0.15, -0.1) is 0 Å². The molecule has 0 spiro atoms. The molecule has 0 fully saturated rings. The summed E-state index contributed by atoms with van der Waals surface area (Å²) in [5.41, 5.74) is 3.97. The molecule has 0 aliphatic carbocycles. The number of halogens is 3. The van der Waals surface area contributed by atoms with Crippen molar-refractivity contribution in [2.45, 2.75) is 12.6 Å². The number of aromatic nitrogens is 1. The largest absolute Gasteiger partial charge is 0.433 e. The molecule has 0 saturated heterocycles. The topological polar surface area (TPSA) is 62.8 Å². The summed E-state index contributed by atoms with van der Waals surface area (Å²) < 4.78 is 37.0. The second-order valence-electron chi connectivity index (χ2n) is 2.71. The Bertz CT molecular complexity index is 346. The fraction of sp³-hybridized carbons (Fsp3) is 0.250. The Morgan fingerprint density at radius 2 is 2.14 bits per heavy atom. The summed E-state index contributed by atoms with van der Waals surface area (Å²) in [6.07, 6.45) is -3.67. The first-order chi connectivity index (χ1) is 6.41. The second kappa shape index (κ2) is 3.65.